The van der Waals surface area contributed by atoms with Crippen LogP contribution in [0.2, 0.25) is 0 Å². The second kappa shape index (κ2) is 6.63. The van der Waals surface area contributed by atoms with E-state index in [1.807, 2.05) is 18.4 Å². The third-order valence-corrected chi connectivity index (χ3v) is 4.52. The minimum absolute atomic E-state index is 0.460. The molecule has 0 aliphatic carbocycles. The van der Waals surface area contributed by atoms with Crippen LogP contribution in [0.5, 0.6) is 11.5 Å². The zero-order chi connectivity index (χ0) is 15.4. The van der Waals surface area contributed by atoms with Gasteiger partial charge in [0.05, 0.1) is 20.1 Å². The Hall–Kier alpha value is -2.01. The average molecular weight is 306 g/mol. The summed E-state index contributed by atoms with van der Waals surface area (Å²) in [6.45, 7) is 2.00. The van der Waals surface area contributed by atoms with E-state index in [1.165, 1.54) is 7.11 Å². The molecule has 0 fully saturated rings. The summed E-state index contributed by atoms with van der Waals surface area (Å²) in [6.07, 6.45) is 0.460. The lowest BCUT2D eigenvalue weighted by atomic mass is 9.93. The predicted octanol–water partition coefficient (Wildman–Crippen LogP) is 3.48. The summed E-state index contributed by atoms with van der Waals surface area (Å²) in [5.41, 5.74) is 1.79. The van der Waals surface area contributed by atoms with Gasteiger partial charge < -0.3 is 14.6 Å². The monoisotopic (exact) mass is 306 g/mol. The van der Waals surface area contributed by atoms with Gasteiger partial charge in [0.15, 0.2) is 0 Å². The summed E-state index contributed by atoms with van der Waals surface area (Å²) in [5, 5.41) is 11.6. The van der Waals surface area contributed by atoms with Crippen LogP contribution in [0.15, 0.2) is 29.6 Å². The first-order chi connectivity index (χ1) is 10.1. The van der Waals surface area contributed by atoms with Gasteiger partial charge in [0.25, 0.3) is 0 Å². The fraction of sp³-hybridized carbons (Fsp3) is 0.312. The Morgan fingerprint density at radius 1 is 1.29 bits per heavy atom. The van der Waals surface area contributed by atoms with Crippen molar-refractivity contribution in [3.05, 3.63) is 45.6 Å². The molecule has 2 aromatic rings. The van der Waals surface area contributed by atoms with E-state index in [0.717, 1.165) is 10.4 Å². The largest absolute Gasteiger partial charge is 0.497 e. The molecule has 1 N–H and O–H groups in total. The van der Waals surface area contributed by atoms with E-state index in [9.17, 15) is 9.90 Å². The van der Waals surface area contributed by atoms with E-state index in [-0.39, 0.29) is 0 Å². The Morgan fingerprint density at radius 2 is 2.05 bits per heavy atom. The predicted molar refractivity (Wildman–Crippen MR) is 82.7 cm³/mol. The SMILES string of the molecule is COc1ccc(C(Cc2sccc2C)C(=O)O)c(OC)c1. The highest BCUT2D eigenvalue weighted by Gasteiger charge is 2.25. The molecular weight excluding hydrogens is 288 g/mol. The fourth-order valence-corrected chi connectivity index (χ4v) is 3.19. The number of methoxy groups -OCH3 is 2. The van der Waals surface area contributed by atoms with Gasteiger partial charge in [-0.25, -0.2) is 0 Å². The molecule has 0 aliphatic heterocycles. The molecule has 1 unspecified atom stereocenters. The Balaban J connectivity index is 2.38. The second-order valence-electron chi connectivity index (χ2n) is 4.73. The van der Waals surface area contributed by atoms with Gasteiger partial charge in [0.1, 0.15) is 11.5 Å². The molecule has 2 rings (SSSR count). The zero-order valence-electron chi connectivity index (χ0n) is 12.3. The standard InChI is InChI=1S/C16H18O4S/c1-10-6-7-21-15(10)9-13(16(17)18)12-5-4-11(19-2)8-14(12)20-3/h4-8,13H,9H2,1-3H3,(H,17,18). The highest BCUT2D eigenvalue weighted by Crippen LogP contribution is 2.34. The highest BCUT2D eigenvalue weighted by atomic mass is 32.1. The van der Waals surface area contributed by atoms with E-state index in [1.54, 1.807) is 36.6 Å². The number of ether oxygens (including phenoxy) is 2. The van der Waals surface area contributed by atoms with E-state index in [2.05, 4.69) is 0 Å². The lowest BCUT2D eigenvalue weighted by Gasteiger charge is -2.17. The lowest BCUT2D eigenvalue weighted by molar-refractivity contribution is -0.138. The first-order valence-electron chi connectivity index (χ1n) is 6.54. The first kappa shape index (κ1) is 15.4. The zero-order valence-corrected chi connectivity index (χ0v) is 13.1. The van der Waals surface area contributed by atoms with Crippen LogP contribution in [0.25, 0.3) is 0 Å². The van der Waals surface area contributed by atoms with Crippen molar-refractivity contribution in [1.82, 2.24) is 0 Å². The molecule has 112 valence electrons. The topological polar surface area (TPSA) is 55.8 Å². The molecule has 0 saturated carbocycles. The number of hydrogen-bond donors (Lipinski definition) is 1. The summed E-state index contributed by atoms with van der Waals surface area (Å²) >= 11 is 1.58. The molecule has 21 heavy (non-hydrogen) atoms. The maximum absolute atomic E-state index is 11.7. The van der Waals surface area contributed by atoms with Gasteiger partial charge in [-0.3, -0.25) is 4.79 Å². The summed E-state index contributed by atoms with van der Waals surface area (Å²) < 4.78 is 10.5. The van der Waals surface area contributed by atoms with Crippen molar-refractivity contribution in [3.8, 4) is 11.5 Å². The molecule has 1 aromatic carbocycles. The van der Waals surface area contributed by atoms with Crippen molar-refractivity contribution in [2.75, 3.05) is 14.2 Å². The van der Waals surface area contributed by atoms with E-state index in [4.69, 9.17) is 9.47 Å². The number of benzene rings is 1. The first-order valence-corrected chi connectivity index (χ1v) is 7.42. The van der Waals surface area contributed by atoms with E-state index >= 15 is 0 Å². The molecule has 4 nitrogen and oxygen atoms in total. The van der Waals surface area contributed by atoms with Crippen molar-refractivity contribution >= 4 is 17.3 Å². The smallest absolute Gasteiger partial charge is 0.311 e. The maximum atomic E-state index is 11.7. The van der Waals surface area contributed by atoms with Crippen LogP contribution in [-0.4, -0.2) is 25.3 Å². The lowest BCUT2D eigenvalue weighted by Crippen LogP contribution is -2.15. The molecule has 1 aromatic heterocycles. The molecule has 5 heteroatoms. The second-order valence-corrected chi connectivity index (χ2v) is 5.73. The number of carboxylic acids is 1. The van der Waals surface area contributed by atoms with Crippen LogP contribution in [0, 0.1) is 6.92 Å². The van der Waals surface area contributed by atoms with Gasteiger partial charge >= 0.3 is 5.97 Å². The maximum Gasteiger partial charge on any atom is 0.311 e. The van der Waals surface area contributed by atoms with Gasteiger partial charge in [-0.05, 0) is 36.4 Å². The molecule has 0 saturated heterocycles. The number of carbonyl (C=O) groups is 1. The quantitative estimate of drug-likeness (QED) is 0.887. The van der Waals surface area contributed by atoms with Crippen LogP contribution < -0.4 is 9.47 Å². The third kappa shape index (κ3) is 3.36. The Kier molecular flexibility index (Phi) is 4.85. The molecule has 0 amide bonds. The van der Waals surface area contributed by atoms with Crippen molar-refractivity contribution in [2.45, 2.75) is 19.3 Å². The van der Waals surface area contributed by atoms with Gasteiger partial charge in [0.2, 0.25) is 0 Å². The van der Waals surface area contributed by atoms with Crippen molar-refractivity contribution in [1.29, 1.82) is 0 Å². The Morgan fingerprint density at radius 3 is 2.57 bits per heavy atom. The van der Waals surface area contributed by atoms with Crippen LogP contribution in [0.3, 0.4) is 0 Å². The van der Waals surface area contributed by atoms with Crippen molar-refractivity contribution in [3.63, 3.8) is 0 Å². The minimum Gasteiger partial charge on any atom is -0.497 e. The number of aliphatic carboxylic acids is 1. The van der Waals surface area contributed by atoms with Crippen LogP contribution >= 0.6 is 11.3 Å². The molecule has 0 bridgehead atoms. The van der Waals surface area contributed by atoms with Crippen LogP contribution in [0.1, 0.15) is 21.9 Å². The minimum atomic E-state index is -0.855. The number of aryl methyl sites for hydroxylation is 1. The number of hydrogen-bond acceptors (Lipinski definition) is 4. The third-order valence-electron chi connectivity index (χ3n) is 3.47. The van der Waals surface area contributed by atoms with Crippen LogP contribution in [0.4, 0.5) is 0 Å². The van der Waals surface area contributed by atoms with Gasteiger partial charge in [-0.1, -0.05) is 6.07 Å². The Bertz CT molecular complexity index is 633. The number of rotatable bonds is 6. The average Bonchev–Trinajstić information content (AvgIpc) is 2.89. The highest BCUT2D eigenvalue weighted by molar-refractivity contribution is 7.10. The van der Waals surface area contributed by atoms with Crippen molar-refractivity contribution < 1.29 is 19.4 Å². The molecule has 0 aliphatic rings. The molecule has 0 spiro atoms. The number of thiophene rings is 1. The molecular formula is C16H18O4S. The van der Waals surface area contributed by atoms with Crippen molar-refractivity contribution in [2.24, 2.45) is 0 Å². The molecule has 1 heterocycles. The van der Waals surface area contributed by atoms with Gasteiger partial charge in [-0.15, -0.1) is 11.3 Å². The van der Waals surface area contributed by atoms with E-state index < -0.39 is 11.9 Å². The summed E-state index contributed by atoms with van der Waals surface area (Å²) in [5.74, 6) is -0.308. The van der Waals surface area contributed by atoms with Gasteiger partial charge in [-0.2, -0.15) is 0 Å². The molecule has 0 radical (unpaired) electrons. The summed E-state index contributed by atoms with van der Waals surface area (Å²) in [6, 6.07) is 7.24. The summed E-state index contributed by atoms with van der Waals surface area (Å²) in [7, 11) is 3.10. The molecule has 1 atom stereocenters. The summed E-state index contributed by atoms with van der Waals surface area (Å²) in [4.78, 5) is 12.8. The Labute approximate surface area is 128 Å². The number of carboxylic acid groups (broad SMARTS) is 1. The normalized spacial score (nSPS) is 12.0. The van der Waals surface area contributed by atoms with Gasteiger partial charge in [0, 0.05) is 16.5 Å². The fourth-order valence-electron chi connectivity index (χ4n) is 2.24. The van der Waals surface area contributed by atoms with E-state index in [0.29, 0.717) is 23.5 Å². The van der Waals surface area contributed by atoms with Crippen LogP contribution in [-0.2, 0) is 11.2 Å².